The maximum Gasteiger partial charge on any atom is 0.242 e. The van der Waals surface area contributed by atoms with Crippen molar-refractivity contribution in [2.24, 2.45) is 11.7 Å². The van der Waals surface area contributed by atoms with Crippen molar-refractivity contribution in [3.8, 4) is 0 Å². The molecule has 2 aromatic carbocycles. The van der Waals surface area contributed by atoms with Crippen molar-refractivity contribution in [3.63, 3.8) is 0 Å². The van der Waals surface area contributed by atoms with Crippen LogP contribution in [0.2, 0.25) is 5.02 Å². The molecule has 6 N–H and O–H groups in total. The molecule has 3 heterocycles. The second-order valence-electron chi connectivity index (χ2n) is 11.3. The van der Waals surface area contributed by atoms with Gasteiger partial charge in [-0.1, -0.05) is 23.7 Å². The summed E-state index contributed by atoms with van der Waals surface area (Å²) >= 11 is 6.10. The highest BCUT2D eigenvalue weighted by atomic mass is 35.5. The minimum absolute atomic E-state index is 0.0353. The number of nitrogens with one attached hydrogen (secondary N) is 2. The van der Waals surface area contributed by atoms with Gasteiger partial charge in [-0.15, -0.1) is 10.8 Å². The van der Waals surface area contributed by atoms with E-state index in [2.05, 4.69) is 10.6 Å². The SMILES string of the molecule is N[C@H](C(=O)Nc1c(F)ccc(F)c1CC[C@H]1CN[C@@H]2CCCS(O)(O)N1C2)[C@@H](c1ccc(Cl)cc1)C1CCOCC1. The number of rotatable bonds is 8. The van der Waals surface area contributed by atoms with Crippen LogP contribution in [0.5, 0.6) is 0 Å². The van der Waals surface area contributed by atoms with Crippen LogP contribution in [0, 0.1) is 17.6 Å². The molecule has 226 valence electrons. The molecule has 0 radical (unpaired) electrons. The normalized spacial score (nSPS) is 26.9. The lowest BCUT2D eigenvalue weighted by Gasteiger charge is -2.49. The third-order valence-electron chi connectivity index (χ3n) is 8.70. The Labute approximate surface area is 246 Å². The Bertz CT molecular complexity index is 1220. The number of hydrogen-bond acceptors (Lipinski definition) is 7. The first-order chi connectivity index (χ1) is 19.6. The summed E-state index contributed by atoms with van der Waals surface area (Å²) in [5.74, 6) is -2.00. The third-order valence-corrected chi connectivity index (χ3v) is 11.0. The predicted octanol–water partition coefficient (Wildman–Crippen LogP) is 5.13. The fourth-order valence-electron chi connectivity index (χ4n) is 6.46. The fraction of sp³-hybridized carbons (Fsp3) is 0.552. The van der Waals surface area contributed by atoms with Gasteiger partial charge in [0.15, 0.2) is 0 Å². The molecule has 8 nitrogen and oxygen atoms in total. The number of amides is 1. The molecule has 2 aromatic rings. The molecule has 12 heteroatoms. The molecular weight excluding hydrogens is 574 g/mol. The van der Waals surface area contributed by atoms with Gasteiger partial charge < -0.3 is 21.1 Å². The van der Waals surface area contributed by atoms with Crippen molar-refractivity contribution in [1.29, 1.82) is 0 Å². The van der Waals surface area contributed by atoms with Gasteiger partial charge in [0, 0.05) is 54.9 Å². The minimum atomic E-state index is -2.93. The van der Waals surface area contributed by atoms with Crippen molar-refractivity contribution in [1.82, 2.24) is 9.62 Å². The average Bonchev–Trinajstić information content (AvgIpc) is 3.08. The van der Waals surface area contributed by atoms with Gasteiger partial charge in [0.25, 0.3) is 0 Å². The molecule has 5 rings (SSSR count). The number of piperazine rings is 1. The van der Waals surface area contributed by atoms with Gasteiger partial charge in [0.05, 0.1) is 17.5 Å². The van der Waals surface area contributed by atoms with Crippen LogP contribution in [-0.4, -0.2) is 69.5 Å². The zero-order chi connectivity index (χ0) is 29.1. The molecule has 3 aliphatic rings. The van der Waals surface area contributed by atoms with Crippen LogP contribution in [0.15, 0.2) is 36.4 Å². The maximum atomic E-state index is 15.2. The second kappa shape index (κ2) is 13.2. The zero-order valence-corrected chi connectivity index (χ0v) is 24.5. The van der Waals surface area contributed by atoms with E-state index in [1.807, 2.05) is 12.1 Å². The second-order valence-corrected chi connectivity index (χ2v) is 13.9. The highest BCUT2D eigenvalue weighted by Crippen LogP contribution is 2.49. The largest absolute Gasteiger partial charge is 0.381 e. The van der Waals surface area contributed by atoms with E-state index in [0.29, 0.717) is 49.9 Å². The van der Waals surface area contributed by atoms with Gasteiger partial charge in [-0.05, 0) is 74.3 Å². The molecular formula is C29H39ClF2N4O4S. The molecule has 41 heavy (non-hydrogen) atoms. The molecule has 3 aliphatic heterocycles. The summed E-state index contributed by atoms with van der Waals surface area (Å²) in [6.45, 7) is 2.13. The zero-order valence-electron chi connectivity index (χ0n) is 22.9. The van der Waals surface area contributed by atoms with Crippen LogP contribution in [-0.2, 0) is 16.0 Å². The number of carbonyl (C=O) groups is 1. The van der Waals surface area contributed by atoms with E-state index in [1.165, 1.54) is 0 Å². The lowest BCUT2D eigenvalue weighted by atomic mass is 9.76. The fourth-order valence-corrected chi connectivity index (χ4v) is 8.45. The maximum absolute atomic E-state index is 15.2. The molecule has 0 aromatic heterocycles. The van der Waals surface area contributed by atoms with Gasteiger partial charge in [0.1, 0.15) is 11.6 Å². The van der Waals surface area contributed by atoms with Crippen LogP contribution in [0.25, 0.3) is 0 Å². The quantitative estimate of drug-likeness (QED) is 0.280. The smallest absolute Gasteiger partial charge is 0.242 e. The number of nitrogens with two attached hydrogens (primary N) is 1. The summed E-state index contributed by atoms with van der Waals surface area (Å²) in [4.78, 5) is 13.6. The van der Waals surface area contributed by atoms with Gasteiger partial charge >= 0.3 is 0 Å². The molecule has 1 amide bonds. The summed E-state index contributed by atoms with van der Waals surface area (Å²) < 4.78 is 59.1. The van der Waals surface area contributed by atoms with E-state index >= 15 is 8.78 Å². The number of ether oxygens (including phenoxy) is 1. The van der Waals surface area contributed by atoms with Crippen molar-refractivity contribution >= 4 is 34.0 Å². The van der Waals surface area contributed by atoms with E-state index in [1.54, 1.807) is 16.4 Å². The minimum Gasteiger partial charge on any atom is -0.381 e. The molecule has 5 atom stereocenters. The summed E-state index contributed by atoms with van der Waals surface area (Å²) in [5.41, 5.74) is 7.23. The molecule has 3 fully saturated rings. The van der Waals surface area contributed by atoms with Gasteiger partial charge in [0.2, 0.25) is 5.91 Å². The number of fused-ring (bicyclic) bond motifs is 2. The lowest BCUT2D eigenvalue weighted by Crippen LogP contribution is -2.55. The van der Waals surface area contributed by atoms with Gasteiger partial charge in [-0.25, -0.2) is 13.1 Å². The van der Waals surface area contributed by atoms with Crippen LogP contribution < -0.4 is 16.4 Å². The summed E-state index contributed by atoms with van der Waals surface area (Å²) in [7, 11) is -2.93. The van der Waals surface area contributed by atoms with Crippen LogP contribution in [0.3, 0.4) is 0 Å². The standard InChI is InChI=1S/C29H39ClF2N4O4S/c30-20-5-3-18(4-6-20)26(19-11-13-40-14-12-19)27(33)29(37)35-28-23(24(31)9-10-25(28)32)8-7-22-16-34-21-2-1-15-41(38,39)36(22)17-21/h3-6,9-10,19,21-22,26-27,34,38-39H,1-2,7-8,11-17,33H2,(H,35,37)/t21-,22+,26+,27+/m1/s1. The predicted molar refractivity (Wildman–Crippen MR) is 158 cm³/mol. The van der Waals surface area contributed by atoms with Crippen molar-refractivity contribution in [3.05, 3.63) is 64.2 Å². The van der Waals surface area contributed by atoms with Crippen LogP contribution >= 0.6 is 22.4 Å². The van der Waals surface area contributed by atoms with E-state index in [-0.39, 0.29) is 41.6 Å². The monoisotopic (exact) mass is 612 g/mol. The average molecular weight is 613 g/mol. The Kier molecular flexibility index (Phi) is 9.87. The Balaban J connectivity index is 1.35. The highest BCUT2D eigenvalue weighted by molar-refractivity contribution is 8.22. The molecule has 2 bridgehead atoms. The molecule has 0 saturated carbocycles. The first-order valence-electron chi connectivity index (χ1n) is 14.3. The summed E-state index contributed by atoms with van der Waals surface area (Å²) in [6, 6.07) is 8.11. The van der Waals surface area contributed by atoms with E-state index in [9.17, 15) is 13.9 Å². The molecule has 1 unspecified atom stereocenters. The third kappa shape index (κ3) is 7.05. The number of carbonyl (C=O) groups excluding carboxylic acids is 1. The number of benzene rings is 2. The molecule has 0 spiro atoms. The lowest BCUT2D eigenvalue weighted by molar-refractivity contribution is -0.118. The van der Waals surface area contributed by atoms with Gasteiger partial charge in [-0.2, -0.15) is 0 Å². The van der Waals surface area contributed by atoms with Crippen molar-refractivity contribution in [2.75, 3.05) is 37.4 Å². The first kappa shape index (κ1) is 30.6. The Morgan fingerprint density at radius 1 is 1.15 bits per heavy atom. The van der Waals surface area contributed by atoms with Gasteiger partial charge in [-0.3, -0.25) is 13.9 Å². The van der Waals surface area contributed by atoms with E-state index in [4.69, 9.17) is 22.1 Å². The number of anilines is 1. The topological polar surface area (TPSA) is 120 Å². The summed E-state index contributed by atoms with van der Waals surface area (Å²) in [5, 5.41) is 6.63. The van der Waals surface area contributed by atoms with Crippen molar-refractivity contribution < 1.29 is 27.4 Å². The highest BCUT2D eigenvalue weighted by Gasteiger charge is 2.39. The van der Waals surface area contributed by atoms with E-state index in [0.717, 1.165) is 37.0 Å². The van der Waals surface area contributed by atoms with Crippen LogP contribution in [0.1, 0.15) is 49.1 Å². The molecule has 3 saturated heterocycles. The number of nitrogens with zero attached hydrogens (tertiary/aromatic N) is 1. The first-order valence-corrected chi connectivity index (χ1v) is 16.3. The Morgan fingerprint density at radius 2 is 1.85 bits per heavy atom. The Hall–Kier alpha value is -1.83. The Morgan fingerprint density at radius 3 is 2.59 bits per heavy atom. The van der Waals surface area contributed by atoms with Crippen LogP contribution in [0.4, 0.5) is 14.5 Å². The van der Waals surface area contributed by atoms with E-state index < -0.39 is 34.4 Å². The van der Waals surface area contributed by atoms with Crippen molar-refractivity contribution in [2.45, 2.75) is 62.6 Å². The molecule has 0 aliphatic carbocycles. The number of hydrogen-bond donors (Lipinski definition) is 5. The summed E-state index contributed by atoms with van der Waals surface area (Å²) in [6.07, 6.45) is 3.46. The number of halogens is 3.